The van der Waals surface area contributed by atoms with Crippen LogP contribution in [0.15, 0.2) is 0 Å². The Balaban J connectivity index is 2.30. The van der Waals surface area contributed by atoms with Gasteiger partial charge in [-0.3, -0.25) is 0 Å². The third-order valence-corrected chi connectivity index (χ3v) is 2.77. The molecule has 0 aliphatic heterocycles. The van der Waals surface area contributed by atoms with E-state index in [0.717, 1.165) is 6.42 Å². The van der Waals surface area contributed by atoms with E-state index >= 15 is 0 Å². The summed E-state index contributed by atoms with van der Waals surface area (Å²) < 4.78 is 0. The van der Waals surface area contributed by atoms with E-state index < -0.39 is 0 Å². The van der Waals surface area contributed by atoms with Gasteiger partial charge in [0, 0.05) is 12.5 Å². The Morgan fingerprint density at radius 3 is 2.83 bits per heavy atom. The molecule has 0 spiro atoms. The van der Waals surface area contributed by atoms with Crippen LogP contribution in [0.5, 0.6) is 0 Å². The molecule has 0 aromatic rings. The Kier molecular flexibility index (Phi) is 3.73. The van der Waals surface area contributed by atoms with Crippen molar-refractivity contribution in [2.24, 2.45) is 5.92 Å². The molecule has 0 heterocycles. The van der Waals surface area contributed by atoms with Crippen molar-refractivity contribution in [2.45, 2.75) is 45.1 Å². The summed E-state index contributed by atoms with van der Waals surface area (Å²) >= 11 is 0. The van der Waals surface area contributed by atoms with Gasteiger partial charge in [0.25, 0.3) is 0 Å². The van der Waals surface area contributed by atoms with Gasteiger partial charge in [0.15, 0.2) is 0 Å². The second-order valence-corrected chi connectivity index (χ2v) is 3.92. The molecular formula is C10H19NO. The molecule has 2 nitrogen and oxygen atoms in total. The molecule has 0 radical (unpaired) electrons. The van der Waals surface area contributed by atoms with Crippen LogP contribution < -0.4 is 5.32 Å². The highest BCUT2D eigenvalue weighted by molar-refractivity contribution is 5.75. The van der Waals surface area contributed by atoms with Crippen LogP contribution in [0.25, 0.3) is 0 Å². The minimum Gasteiger partial charge on any atom is -0.317 e. The quantitative estimate of drug-likeness (QED) is 0.697. The molecule has 2 unspecified atom stereocenters. The van der Waals surface area contributed by atoms with E-state index in [1.54, 1.807) is 6.92 Å². The zero-order valence-electron chi connectivity index (χ0n) is 8.10. The first-order valence-electron chi connectivity index (χ1n) is 4.89. The molecule has 1 aliphatic carbocycles. The summed E-state index contributed by atoms with van der Waals surface area (Å²) in [6, 6.07) is 0.656. The highest BCUT2D eigenvalue weighted by Gasteiger charge is 2.21. The second kappa shape index (κ2) is 4.61. The maximum atomic E-state index is 10.9. The van der Waals surface area contributed by atoms with Crippen molar-refractivity contribution in [2.75, 3.05) is 7.05 Å². The van der Waals surface area contributed by atoms with Crippen LogP contribution in [0, 0.1) is 5.92 Å². The first-order valence-corrected chi connectivity index (χ1v) is 4.89. The molecule has 12 heavy (non-hydrogen) atoms. The number of rotatable bonds is 3. The van der Waals surface area contributed by atoms with Crippen molar-refractivity contribution in [1.82, 2.24) is 5.32 Å². The van der Waals surface area contributed by atoms with Crippen molar-refractivity contribution in [3.63, 3.8) is 0 Å². The van der Waals surface area contributed by atoms with Crippen LogP contribution in [0.3, 0.4) is 0 Å². The van der Waals surface area contributed by atoms with Crippen LogP contribution >= 0.6 is 0 Å². The largest absolute Gasteiger partial charge is 0.317 e. The SMILES string of the molecule is CNC1CCCC(CC(C)=O)C1. The number of ketones is 1. The van der Waals surface area contributed by atoms with Gasteiger partial charge >= 0.3 is 0 Å². The Morgan fingerprint density at radius 2 is 2.25 bits per heavy atom. The molecule has 2 heteroatoms. The first-order chi connectivity index (χ1) is 5.72. The number of Topliss-reactive ketones (excluding diaryl/α,β-unsaturated/α-hetero) is 1. The predicted octanol–water partition coefficient (Wildman–Crippen LogP) is 1.74. The minimum atomic E-state index is 0.344. The highest BCUT2D eigenvalue weighted by Crippen LogP contribution is 2.26. The zero-order valence-corrected chi connectivity index (χ0v) is 8.10. The lowest BCUT2D eigenvalue weighted by molar-refractivity contribution is -0.118. The molecule has 1 rings (SSSR count). The number of hydrogen-bond donors (Lipinski definition) is 1. The zero-order chi connectivity index (χ0) is 8.97. The van der Waals surface area contributed by atoms with Gasteiger partial charge in [-0.25, -0.2) is 0 Å². The van der Waals surface area contributed by atoms with E-state index in [2.05, 4.69) is 5.32 Å². The normalized spacial score (nSPS) is 30.2. The van der Waals surface area contributed by atoms with E-state index in [1.807, 2.05) is 7.05 Å². The maximum Gasteiger partial charge on any atom is 0.130 e. The Labute approximate surface area is 74.7 Å². The molecule has 0 aromatic carbocycles. The van der Waals surface area contributed by atoms with E-state index in [9.17, 15) is 4.79 Å². The lowest BCUT2D eigenvalue weighted by Crippen LogP contribution is -2.31. The summed E-state index contributed by atoms with van der Waals surface area (Å²) in [5, 5.41) is 3.30. The topological polar surface area (TPSA) is 29.1 Å². The van der Waals surface area contributed by atoms with Crippen LogP contribution in [0.1, 0.15) is 39.0 Å². The van der Waals surface area contributed by atoms with Gasteiger partial charge in [-0.15, -0.1) is 0 Å². The molecule has 1 aliphatic rings. The third-order valence-electron chi connectivity index (χ3n) is 2.77. The molecule has 0 aromatic heterocycles. The van der Waals surface area contributed by atoms with E-state index in [4.69, 9.17) is 0 Å². The molecule has 0 amide bonds. The molecule has 1 saturated carbocycles. The number of carbonyl (C=O) groups is 1. The molecule has 1 N–H and O–H groups in total. The summed E-state index contributed by atoms with van der Waals surface area (Å²) in [5.41, 5.74) is 0. The third kappa shape index (κ3) is 2.94. The van der Waals surface area contributed by atoms with Crippen molar-refractivity contribution >= 4 is 5.78 Å². The fourth-order valence-corrected chi connectivity index (χ4v) is 2.15. The van der Waals surface area contributed by atoms with Gasteiger partial charge in [0.2, 0.25) is 0 Å². The molecule has 0 bridgehead atoms. The molecule has 0 saturated heterocycles. The van der Waals surface area contributed by atoms with Gasteiger partial charge in [0.1, 0.15) is 5.78 Å². The monoisotopic (exact) mass is 169 g/mol. The molecule has 70 valence electrons. The average molecular weight is 169 g/mol. The average Bonchev–Trinajstić information content (AvgIpc) is 2.03. The minimum absolute atomic E-state index is 0.344. The summed E-state index contributed by atoms with van der Waals surface area (Å²) in [6.45, 7) is 1.70. The van der Waals surface area contributed by atoms with E-state index in [-0.39, 0.29) is 0 Å². The number of hydrogen-bond acceptors (Lipinski definition) is 2. The second-order valence-electron chi connectivity index (χ2n) is 3.92. The van der Waals surface area contributed by atoms with Crippen LogP contribution in [0.2, 0.25) is 0 Å². The molecule has 2 atom stereocenters. The number of nitrogens with one attached hydrogen (secondary N) is 1. The summed E-state index contributed by atoms with van der Waals surface area (Å²) in [5.74, 6) is 0.991. The van der Waals surface area contributed by atoms with Crippen LogP contribution in [-0.2, 0) is 4.79 Å². The first kappa shape index (κ1) is 9.72. The van der Waals surface area contributed by atoms with Gasteiger partial charge in [-0.2, -0.15) is 0 Å². The van der Waals surface area contributed by atoms with Crippen molar-refractivity contribution in [3.05, 3.63) is 0 Å². The lowest BCUT2D eigenvalue weighted by atomic mass is 9.83. The summed E-state index contributed by atoms with van der Waals surface area (Å²) in [7, 11) is 2.01. The summed E-state index contributed by atoms with van der Waals surface area (Å²) in [6.07, 6.45) is 5.79. The Morgan fingerprint density at radius 1 is 1.50 bits per heavy atom. The highest BCUT2D eigenvalue weighted by atomic mass is 16.1. The number of carbonyl (C=O) groups excluding carboxylic acids is 1. The van der Waals surface area contributed by atoms with Gasteiger partial charge < -0.3 is 10.1 Å². The predicted molar refractivity (Wildman–Crippen MR) is 50.1 cm³/mol. The van der Waals surface area contributed by atoms with Gasteiger partial charge in [0.05, 0.1) is 0 Å². The standard InChI is InChI=1S/C10H19NO/c1-8(12)6-9-4-3-5-10(7-9)11-2/h9-11H,3-7H2,1-2H3. The Bertz CT molecular complexity index is 156. The van der Waals surface area contributed by atoms with Crippen molar-refractivity contribution < 1.29 is 4.79 Å². The summed E-state index contributed by atoms with van der Waals surface area (Å²) in [4.78, 5) is 10.9. The van der Waals surface area contributed by atoms with Crippen LogP contribution in [-0.4, -0.2) is 18.9 Å². The van der Waals surface area contributed by atoms with Crippen molar-refractivity contribution in [1.29, 1.82) is 0 Å². The molecular weight excluding hydrogens is 150 g/mol. The van der Waals surface area contributed by atoms with E-state index in [0.29, 0.717) is 17.7 Å². The molecule has 1 fully saturated rings. The fourth-order valence-electron chi connectivity index (χ4n) is 2.15. The van der Waals surface area contributed by atoms with Crippen molar-refractivity contribution in [3.8, 4) is 0 Å². The Hall–Kier alpha value is -0.370. The van der Waals surface area contributed by atoms with Gasteiger partial charge in [-0.05, 0) is 39.2 Å². The maximum absolute atomic E-state index is 10.9. The smallest absolute Gasteiger partial charge is 0.130 e. The van der Waals surface area contributed by atoms with Crippen LogP contribution in [0.4, 0.5) is 0 Å². The van der Waals surface area contributed by atoms with E-state index in [1.165, 1.54) is 25.7 Å². The fraction of sp³-hybridized carbons (Fsp3) is 0.900. The van der Waals surface area contributed by atoms with Gasteiger partial charge in [-0.1, -0.05) is 6.42 Å². The lowest BCUT2D eigenvalue weighted by Gasteiger charge is -2.28.